The predicted molar refractivity (Wildman–Crippen MR) is 89.3 cm³/mol. The maximum atomic E-state index is 5.57. The molecule has 0 aromatic carbocycles. The molecule has 0 amide bonds. The van der Waals surface area contributed by atoms with Crippen LogP contribution in [0.4, 0.5) is 0 Å². The Bertz CT molecular complexity index is 247. The Kier molecular flexibility index (Phi) is 15.9. The summed E-state index contributed by atoms with van der Waals surface area (Å²) in [5.74, 6) is 0. The highest BCUT2D eigenvalue weighted by Gasteiger charge is 2.13. The van der Waals surface area contributed by atoms with E-state index in [4.69, 9.17) is 33.2 Å². The van der Waals surface area contributed by atoms with E-state index in [9.17, 15) is 0 Å². The topological polar surface area (TPSA) is 64.6 Å². The van der Waals surface area contributed by atoms with Crippen molar-refractivity contribution in [2.75, 3.05) is 79.3 Å². The molecular formula is C17H34O7. The standard InChI is InChI=1S/C17H34O7/c1-2-18-7-8-19-9-10-20-11-12-21-13-14-22-15-16-24-17-5-3-4-6-23-17/h17H,2-16H2,1H3. The van der Waals surface area contributed by atoms with E-state index in [-0.39, 0.29) is 6.29 Å². The normalized spacial score (nSPS) is 18.1. The molecule has 1 rings (SSSR count). The molecule has 0 aliphatic carbocycles. The van der Waals surface area contributed by atoms with E-state index >= 15 is 0 Å². The molecule has 7 heteroatoms. The van der Waals surface area contributed by atoms with Gasteiger partial charge in [0.1, 0.15) is 0 Å². The fourth-order valence-corrected chi connectivity index (χ4v) is 2.11. The molecule has 0 aromatic rings. The molecule has 144 valence electrons. The van der Waals surface area contributed by atoms with Crippen LogP contribution in [0.15, 0.2) is 0 Å². The number of hydrogen-bond acceptors (Lipinski definition) is 7. The molecule has 0 spiro atoms. The van der Waals surface area contributed by atoms with Gasteiger partial charge in [0.15, 0.2) is 6.29 Å². The second kappa shape index (κ2) is 17.5. The first-order valence-corrected chi connectivity index (χ1v) is 9.05. The van der Waals surface area contributed by atoms with E-state index < -0.39 is 0 Å². The van der Waals surface area contributed by atoms with Gasteiger partial charge < -0.3 is 33.2 Å². The maximum absolute atomic E-state index is 5.57. The van der Waals surface area contributed by atoms with Gasteiger partial charge in [-0.05, 0) is 26.2 Å². The van der Waals surface area contributed by atoms with Gasteiger partial charge in [-0.1, -0.05) is 0 Å². The Balaban J connectivity index is 1.66. The minimum Gasteiger partial charge on any atom is -0.379 e. The molecule has 0 N–H and O–H groups in total. The van der Waals surface area contributed by atoms with E-state index in [0.29, 0.717) is 66.1 Å². The highest BCUT2D eigenvalue weighted by molar-refractivity contribution is 4.53. The van der Waals surface area contributed by atoms with Crippen LogP contribution in [0, 0.1) is 0 Å². The highest BCUT2D eigenvalue weighted by atomic mass is 16.7. The summed E-state index contributed by atoms with van der Waals surface area (Å²) in [6, 6.07) is 0. The van der Waals surface area contributed by atoms with Crippen molar-refractivity contribution < 1.29 is 33.2 Å². The molecule has 1 aliphatic heterocycles. The van der Waals surface area contributed by atoms with Crippen LogP contribution in [0.2, 0.25) is 0 Å². The van der Waals surface area contributed by atoms with Crippen molar-refractivity contribution in [2.24, 2.45) is 0 Å². The van der Waals surface area contributed by atoms with Crippen molar-refractivity contribution in [3.05, 3.63) is 0 Å². The zero-order valence-corrected chi connectivity index (χ0v) is 15.0. The smallest absolute Gasteiger partial charge is 0.157 e. The molecule has 1 atom stereocenters. The molecule has 0 bridgehead atoms. The lowest BCUT2D eigenvalue weighted by atomic mass is 10.2. The first-order chi connectivity index (χ1) is 11.9. The fourth-order valence-electron chi connectivity index (χ4n) is 2.11. The predicted octanol–water partition coefficient (Wildman–Crippen LogP) is 1.63. The van der Waals surface area contributed by atoms with Crippen molar-refractivity contribution in [1.29, 1.82) is 0 Å². The summed E-state index contributed by atoms with van der Waals surface area (Å²) in [4.78, 5) is 0. The molecule has 1 unspecified atom stereocenters. The van der Waals surface area contributed by atoms with Crippen LogP contribution in [-0.4, -0.2) is 85.6 Å². The number of rotatable bonds is 17. The molecule has 1 aliphatic rings. The van der Waals surface area contributed by atoms with Gasteiger partial charge in [0.25, 0.3) is 0 Å². The summed E-state index contributed by atoms with van der Waals surface area (Å²) >= 11 is 0. The molecule has 1 heterocycles. The van der Waals surface area contributed by atoms with Gasteiger partial charge >= 0.3 is 0 Å². The average Bonchev–Trinajstić information content (AvgIpc) is 2.62. The van der Waals surface area contributed by atoms with Crippen molar-refractivity contribution in [2.45, 2.75) is 32.5 Å². The second-order valence-electron chi connectivity index (χ2n) is 5.31. The van der Waals surface area contributed by atoms with Crippen LogP contribution in [-0.2, 0) is 33.2 Å². The van der Waals surface area contributed by atoms with Crippen LogP contribution in [0.3, 0.4) is 0 Å². The van der Waals surface area contributed by atoms with Crippen LogP contribution in [0.5, 0.6) is 0 Å². The molecule has 0 saturated carbocycles. The van der Waals surface area contributed by atoms with E-state index in [1.165, 1.54) is 6.42 Å². The van der Waals surface area contributed by atoms with Crippen molar-refractivity contribution in [3.8, 4) is 0 Å². The van der Waals surface area contributed by atoms with Gasteiger partial charge in [0, 0.05) is 13.2 Å². The summed E-state index contributed by atoms with van der Waals surface area (Å²) in [6.45, 7) is 9.30. The summed E-state index contributed by atoms with van der Waals surface area (Å²) in [6.07, 6.45) is 3.26. The zero-order chi connectivity index (χ0) is 17.1. The van der Waals surface area contributed by atoms with Gasteiger partial charge in [-0.3, -0.25) is 0 Å². The van der Waals surface area contributed by atoms with Crippen LogP contribution >= 0.6 is 0 Å². The quantitative estimate of drug-likeness (QED) is 0.369. The first-order valence-electron chi connectivity index (χ1n) is 9.05. The minimum absolute atomic E-state index is 0.0427. The SMILES string of the molecule is CCOCCOCCOCCOCCOCCOC1CCCCO1. The third kappa shape index (κ3) is 14.1. The fraction of sp³-hybridized carbons (Fsp3) is 1.00. The molecule has 0 radical (unpaired) electrons. The Hall–Kier alpha value is -0.280. The Morgan fingerprint density at radius 1 is 0.667 bits per heavy atom. The van der Waals surface area contributed by atoms with Gasteiger partial charge in [0.05, 0.1) is 66.1 Å². The van der Waals surface area contributed by atoms with E-state index in [2.05, 4.69) is 0 Å². The van der Waals surface area contributed by atoms with Gasteiger partial charge in [-0.25, -0.2) is 0 Å². The Morgan fingerprint density at radius 2 is 1.17 bits per heavy atom. The summed E-state index contributed by atoms with van der Waals surface area (Å²) in [5.41, 5.74) is 0. The lowest BCUT2D eigenvalue weighted by Crippen LogP contribution is -2.24. The van der Waals surface area contributed by atoms with Gasteiger partial charge in [-0.2, -0.15) is 0 Å². The van der Waals surface area contributed by atoms with Crippen LogP contribution in [0.25, 0.3) is 0 Å². The third-order valence-electron chi connectivity index (χ3n) is 3.36. The lowest BCUT2D eigenvalue weighted by Gasteiger charge is -2.22. The maximum Gasteiger partial charge on any atom is 0.157 e. The largest absolute Gasteiger partial charge is 0.379 e. The summed E-state index contributed by atoms with van der Waals surface area (Å²) < 4.78 is 37.8. The van der Waals surface area contributed by atoms with Crippen molar-refractivity contribution in [3.63, 3.8) is 0 Å². The molecule has 24 heavy (non-hydrogen) atoms. The summed E-state index contributed by atoms with van der Waals surface area (Å²) in [7, 11) is 0. The lowest BCUT2D eigenvalue weighted by molar-refractivity contribution is -0.169. The second-order valence-corrected chi connectivity index (χ2v) is 5.31. The van der Waals surface area contributed by atoms with Crippen molar-refractivity contribution in [1.82, 2.24) is 0 Å². The zero-order valence-electron chi connectivity index (χ0n) is 15.0. The average molecular weight is 350 g/mol. The summed E-state index contributed by atoms with van der Waals surface area (Å²) in [5, 5.41) is 0. The first kappa shape index (κ1) is 21.8. The molecule has 1 fully saturated rings. The van der Waals surface area contributed by atoms with Crippen LogP contribution < -0.4 is 0 Å². The van der Waals surface area contributed by atoms with Crippen LogP contribution in [0.1, 0.15) is 26.2 Å². The Morgan fingerprint density at radius 3 is 1.62 bits per heavy atom. The van der Waals surface area contributed by atoms with Gasteiger partial charge in [-0.15, -0.1) is 0 Å². The van der Waals surface area contributed by atoms with E-state index in [0.717, 1.165) is 26.1 Å². The van der Waals surface area contributed by atoms with Gasteiger partial charge in [0.2, 0.25) is 0 Å². The van der Waals surface area contributed by atoms with E-state index in [1.54, 1.807) is 0 Å². The van der Waals surface area contributed by atoms with Crippen molar-refractivity contribution >= 4 is 0 Å². The minimum atomic E-state index is -0.0427. The number of hydrogen-bond donors (Lipinski definition) is 0. The highest BCUT2D eigenvalue weighted by Crippen LogP contribution is 2.13. The number of ether oxygens (including phenoxy) is 7. The Labute approximate surface area is 145 Å². The third-order valence-corrected chi connectivity index (χ3v) is 3.36. The van der Waals surface area contributed by atoms with E-state index in [1.807, 2.05) is 6.92 Å². The molecule has 0 aromatic heterocycles. The molecule has 7 nitrogen and oxygen atoms in total. The molecular weight excluding hydrogens is 316 g/mol. The monoisotopic (exact) mass is 350 g/mol. The molecule has 1 saturated heterocycles.